The Hall–Kier alpha value is -0.640. The maximum Gasteiger partial charge on any atom is 0.232 e. The summed E-state index contributed by atoms with van der Waals surface area (Å²) in [5.74, 6) is 1.26. The molecule has 0 fully saturated rings. The molecule has 0 aliphatic carbocycles. The third-order valence-corrected chi connectivity index (χ3v) is 2.76. The molecule has 14 heavy (non-hydrogen) atoms. The van der Waals surface area contributed by atoms with Gasteiger partial charge in [-0.3, -0.25) is 4.68 Å². The van der Waals surface area contributed by atoms with E-state index < -0.39 is 0 Å². The molecule has 4 heteroatoms. The van der Waals surface area contributed by atoms with E-state index in [1.165, 1.54) is 0 Å². The molecular formula is C10H18N2OS. The van der Waals surface area contributed by atoms with Crippen LogP contribution in [0.2, 0.25) is 0 Å². The molecule has 0 bridgehead atoms. The van der Waals surface area contributed by atoms with Crippen molar-refractivity contribution in [1.82, 2.24) is 9.78 Å². The number of hydrogen-bond acceptors (Lipinski definition) is 3. The second-order valence-corrected chi connectivity index (χ2v) is 4.83. The Morgan fingerprint density at radius 1 is 1.50 bits per heavy atom. The number of nitrogens with zero attached hydrogens (tertiary/aromatic N) is 2. The highest BCUT2D eigenvalue weighted by atomic mass is 32.2. The monoisotopic (exact) mass is 214 g/mol. The van der Waals surface area contributed by atoms with Gasteiger partial charge in [0.1, 0.15) is 0 Å². The lowest BCUT2D eigenvalue weighted by Crippen LogP contribution is -2.06. The van der Waals surface area contributed by atoms with Gasteiger partial charge in [-0.1, -0.05) is 13.8 Å². The van der Waals surface area contributed by atoms with Crippen molar-refractivity contribution in [3.05, 3.63) is 12.3 Å². The second-order valence-electron chi connectivity index (χ2n) is 3.67. The molecular weight excluding hydrogens is 196 g/mol. The van der Waals surface area contributed by atoms with E-state index in [0.29, 0.717) is 11.3 Å². The predicted molar refractivity (Wildman–Crippen MR) is 60.8 cm³/mol. The summed E-state index contributed by atoms with van der Waals surface area (Å²) in [4.78, 5) is 0. The van der Waals surface area contributed by atoms with Gasteiger partial charge < -0.3 is 4.74 Å². The summed E-state index contributed by atoms with van der Waals surface area (Å²) in [5.41, 5.74) is 0. The molecule has 1 rings (SSSR count). The van der Waals surface area contributed by atoms with Crippen molar-refractivity contribution in [2.24, 2.45) is 5.92 Å². The SMILES string of the molecule is CSC(C)n1ccc(OCC(C)C)n1. The summed E-state index contributed by atoms with van der Waals surface area (Å²) in [5, 5.41) is 4.69. The van der Waals surface area contributed by atoms with Crippen LogP contribution in [-0.4, -0.2) is 22.6 Å². The number of hydrogen-bond donors (Lipinski definition) is 0. The minimum atomic E-state index is 0.367. The normalized spacial score (nSPS) is 13.2. The fourth-order valence-electron chi connectivity index (χ4n) is 0.960. The van der Waals surface area contributed by atoms with Gasteiger partial charge in [-0.25, -0.2) is 0 Å². The van der Waals surface area contributed by atoms with Crippen LogP contribution in [0, 0.1) is 5.92 Å². The van der Waals surface area contributed by atoms with Crippen LogP contribution < -0.4 is 4.74 Å². The zero-order valence-corrected chi connectivity index (χ0v) is 10.0. The molecule has 1 aromatic rings. The van der Waals surface area contributed by atoms with Gasteiger partial charge in [0.15, 0.2) is 0 Å². The largest absolute Gasteiger partial charge is 0.476 e. The van der Waals surface area contributed by atoms with Gasteiger partial charge in [-0.2, -0.15) is 0 Å². The van der Waals surface area contributed by atoms with Crippen molar-refractivity contribution >= 4 is 11.8 Å². The fourth-order valence-corrected chi connectivity index (χ4v) is 1.29. The highest BCUT2D eigenvalue weighted by Gasteiger charge is 2.05. The second kappa shape index (κ2) is 5.29. The van der Waals surface area contributed by atoms with Gasteiger partial charge in [-0.15, -0.1) is 16.9 Å². The van der Waals surface area contributed by atoms with Crippen LogP contribution in [0.3, 0.4) is 0 Å². The zero-order chi connectivity index (χ0) is 10.6. The van der Waals surface area contributed by atoms with Gasteiger partial charge in [0.05, 0.1) is 12.0 Å². The third-order valence-electron chi connectivity index (χ3n) is 1.86. The number of thioether (sulfide) groups is 1. The molecule has 0 radical (unpaired) electrons. The molecule has 0 spiro atoms. The summed E-state index contributed by atoms with van der Waals surface area (Å²) < 4.78 is 7.42. The molecule has 0 saturated heterocycles. The highest BCUT2D eigenvalue weighted by molar-refractivity contribution is 7.98. The minimum Gasteiger partial charge on any atom is -0.476 e. The number of ether oxygens (including phenoxy) is 1. The molecule has 0 N–H and O–H groups in total. The van der Waals surface area contributed by atoms with Crippen LogP contribution in [0.1, 0.15) is 26.1 Å². The minimum absolute atomic E-state index is 0.367. The smallest absolute Gasteiger partial charge is 0.232 e. The molecule has 0 aliphatic rings. The lowest BCUT2D eigenvalue weighted by molar-refractivity contribution is 0.258. The van der Waals surface area contributed by atoms with Crippen molar-refractivity contribution in [3.63, 3.8) is 0 Å². The standard InChI is InChI=1S/C10H18N2OS/c1-8(2)7-13-10-5-6-12(11-10)9(3)14-4/h5-6,8-9H,7H2,1-4H3. The van der Waals surface area contributed by atoms with Gasteiger partial charge >= 0.3 is 0 Å². The summed E-state index contributed by atoms with van der Waals surface area (Å²) in [6.07, 6.45) is 4.03. The predicted octanol–water partition coefficient (Wildman–Crippen LogP) is 2.80. The van der Waals surface area contributed by atoms with E-state index in [4.69, 9.17) is 4.74 Å². The fraction of sp³-hybridized carbons (Fsp3) is 0.700. The summed E-state index contributed by atoms with van der Waals surface area (Å²) in [6, 6.07) is 1.91. The van der Waals surface area contributed by atoms with Crippen molar-refractivity contribution < 1.29 is 4.74 Å². The van der Waals surface area contributed by atoms with Crippen molar-refractivity contribution in [2.75, 3.05) is 12.9 Å². The molecule has 1 unspecified atom stereocenters. The molecule has 0 aliphatic heterocycles. The maximum absolute atomic E-state index is 5.50. The molecule has 80 valence electrons. The van der Waals surface area contributed by atoms with Gasteiger partial charge in [0.25, 0.3) is 0 Å². The third kappa shape index (κ3) is 3.25. The Morgan fingerprint density at radius 2 is 2.21 bits per heavy atom. The van der Waals surface area contributed by atoms with Gasteiger partial charge in [-0.05, 0) is 19.1 Å². The van der Waals surface area contributed by atoms with Crippen molar-refractivity contribution in [3.8, 4) is 5.88 Å². The van der Waals surface area contributed by atoms with Crippen LogP contribution >= 0.6 is 11.8 Å². The van der Waals surface area contributed by atoms with Crippen LogP contribution in [0.15, 0.2) is 12.3 Å². The van der Waals surface area contributed by atoms with E-state index in [-0.39, 0.29) is 0 Å². The first-order valence-electron chi connectivity index (χ1n) is 4.84. The first kappa shape index (κ1) is 11.4. The Morgan fingerprint density at radius 3 is 2.79 bits per heavy atom. The molecule has 0 saturated carbocycles. The van der Waals surface area contributed by atoms with Crippen LogP contribution in [0.5, 0.6) is 5.88 Å². The Balaban J connectivity index is 2.50. The van der Waals surface area contributed by atoms with Crippen molar-refractivity contribution in [2.45, 2.75) is 26.1 Å². The molecule has 1 heterocycles. The average molecular weight is 214 g/mol. The molecule has 3 nitrogen and oxygen atoms in total. The van der Waals surface area contributed by atoms with E-state index in [0.717, 1.165) is 12.5 Å². The van der Waals surface area contributed by atoms with E-state index in [1.54, 1.807) is 11.8 Å². The number of aromatic nitrogens is 2. The Bertz CT molecular complexity index is 273. The van der Waals surface area contributed by atoms with Crippen molar-refractivity contribution in [1.29, 1.82) is 0 Å². The van der Waals surface area contributed by atoms with Crippen LogP contribution in [0.25, 0.3) is 0 Å². The quantitative estimate of drug-likeness (QED) is 0.754. The lowest BCUT2D eigenvalue weighted by atomic mass is 10.2. The summed E-state index contributed by atoms with van der Waals surface area (Å²) in [7, 11) is 0. The van der Waals surface area contributed by atoms with Crippen LogP contribution in [0.4, 0.5) is 0 Å². The summed E-state index contributed by atoms with van der Waals surface area (Å²) >= 11 is 1.76. The number of rotatable bonds is 5. The highest BCUT2D eigenvalue weighted by Crippen LogP contribution is 2.19. The van der Waals surface area contributed by atoms with E-state index in [9.17, 15) is 0 Å². The van der Waals surface area contributed by atoms with Crippen LogP contribution in [-0.2, 0) is 0 Å². The zero-order valence-electron chi connectivity index (χ0n) is 9.23. The van der Waals surface area contributed by atoms with E-state index in [2.05, 4.69) is 32.1 Å². The Kier molecular flexibility index (Phi) is 4.32. The summed E-state index contributed by atoms with van der Waals surface area (Å²) in [6.45, 7) is 7.09. The topological polar surface area (TPSA) is 27.1 Å². The van der Waals surface area contributed by atoms with Gasteiger partial charge in [0.2, 0.25) is 5.88 Å². The first-order chi connectivity index (χ1) is 6.63. The van der Waals surface area contributed by atoms with E-state index >= 15 is 0 Å². The molecule has 1 aromatic heterocycles. The average Bonchev–Trinajstić information content (AvgIpc) is 2.62. The van der Waals surface area contributed by atoms with Gasteiger partial charge in [0, 0.05) is 12.3 Å². The van der Waals surface area contributed by atoms with E-state index in [1.807, 2.05) is 16.9 Å². The Labute approximate surface area is 89.8 Å². The lowest BCUT2D eigenvalue weighted by Gasteiger charge is -2.08. The maximum atomic E-state index is 5.50. The molecule has 1 atom stereocenters. The first-order valence-corrected chi connectivity index (χ1v) is 6.13. The molecule has 0 amide bonds. The molecule has 0 aromatic carbocycles.